The summed E-state index contributed by atoms with van der Waals surface area (Å²) >= 11 is 0. The third-order valence-electron chi connectivity index (χ3n) is 4.58. The van der Waals surface area contributed by atoms with Crippen LogP contribution in [0.5, 0.6) is 0 Å². The minimum absolute atomic E-state index is 0.0835. The van der Waals surface area contributed by atoms with Gasteiger partial charge in [-0.3, -0.25) is 14.5 Å². The van der Waals surface area contributed by atoms with Crippen LogP contribution in [0.15, 0.2) is 48.7 Å². The van der Waals surface area contributed by atoms with Crippen molar-refractivity contribution in [2.75, 3.05) is 0 Å². The summed E-state index contributed by atoms with van der Waals surface area (Å²) < 4.78 is 40.3. The molecule has 9 heteroatoms. The van der Waals surface area contributed by atoms with E-state index in [0.29, 0.717) is 11.5 Å². The summed E-state index contributed by atoms with van der Waals surface area (Å²) in [5.41, 5.74) is 0.293. The number of nitrogens with one attached hydrogen (secondary N) is 2. The van der Waals surface area contributed by atoms with Crippen molar-refractivity contribution in [1.29, 1.82) is 0 Å². The Morgan fingerprint density at radius 2 is 1.89 bits per heavy atom. The first kappa shape index (κ1) is 18.4. The lowest BCUT2D eigenvalue weighted by atomic mass is 10.1. The highest BCUT2D eigenvalue weighted by molar-refractivity contribution is 5.83. The van der Waals surface area contributed by atoms with E-state index in [9.17, 15) is 18.0 Å². The topological polar surface area (TPSA) is 71.3 Å². The van der Waals surface area contributed by atoms with Crippen molar-refractivity contribution in [3.8, 4) is 0 Å². The van der Waals surface area contributed by atoms with E-state index in [0.717, 1.165) is 30.7 Å². The van der Waals surface area contributed by atoms with E-state index in [1.807, 2.05) is 30.3 Å². The minimum atomic E-state index is -4.46. The maximum atomic E-state index is 13.0. The Balaban J connectivity index is 1.57. The molecule has 1 atom stereocenters. The van der Waals surface area contributed by atoms with Gasteiger partial charge in [-0.2, -0.15) is 13.2 Å². The zero-order valence-corrected chi connectivity index (χ0v) is 14.8. The number of benzene rings is 1. The number of amides is 1. The van der Waals surface area contributed by atoms with Gasteiger partial charge in [0.25, 0.3) is 0 Å². The lowest BCUT2D eigenvalue weighted by Crippen LogP contribution is -2.38. The SMILES string of the molecule is O=C(NC1CC1)[C@H](NCc1nnc2ccc(C(F)(F)F)cn12)c1ccccc1. The van der Waals surface area contributed by atoms with Gasteiger partial charge in [0.2, 0.25) is 5.91 Å². The van der Waals surface area contributed by atoms with E-state index in [1.165, 1.54) is 10.5 Å². The average Bonchev–Trinajstić information content (AvgIpc) is 3.39. The van der Waals surface area contributed by atoms with E-state index in [2.05, 4.69) is 20.8 Å². The molecule has 0 unspecified atom stereocenters. The predicted octanol–water partition coefficient (Wildman–Crippen LogP) is 2.86. The molecule has 6 nitrogen and oxygen atoms in total. The van der Waals surface area contributed by atoms with E-state index >= 15 is 0 Å². The first-order valence-corrected chi connectivity index (χ1v) is 8.91. The maximum absolute atomic E-state index is 13.0. The van der Waals surface area contributed by atoms with E-state index in [-0.39, 0.29) is 18.5 Å². The Kier molecular flexibility index (Phi) is 4.76. The van der Waals surface area contributed by atoms with Crippen molar-refractivity contribution in [3.63, 3.8) is 0 Å². The van der Waals surface area contributed by atoms with Gasteiger partial charge in [-0.25, -0.2) is 0 Å². The number of fused-ring (bicyclic) bond motifs is 1. The summed E-state index contributed by atoms with van der Waals surface area (Å²) in [5, 5.41) is 13.9. The van der Waals surface area contributed by atoms with Crippen molar-refractivity contribution >= 4 is 11.6 Å². The Bertz CT molecular complexity index is 982. The molecule has 0 spiro atoms. The van der Waals surface area contributed by atoms with Crippen molar-refractivity contribution in [1.82, 2.24) is 25.2 Å². The normalized spacial score (nSPS) is 15.5. The van der Waals surface area contributed by atoms with E-state index in [1.54, 1.807) is 0 Å². The number of carbonyl (C=O) groups excluding carboxylic acids is 1. The monoisotopic (exact) mass is 389 g/mol. The van der Waals surface area contributed by atoms with E-state index in [4.69, 9.17) is 0 Å². The highest BCUT2D eigenvalue weighted by Crippen LogP contribution is 2.29. The second kappa shape index (κ2) is 7.23. The zero-order valence-electron chi connectivity index (χ0n) is 14.8. The number of alkyl halides is 3. The fourth-order valence-electron chi connectivity index (χ4n) is 2.94. The minimum Gasteiger partial charge on any atom is -0.352 e. The van der Waals surface area contributed by atoms with Gasteiger partial charge in [0.1, 0.15) is 6.04 Å². The number of halogens is 3. The predicted molar refractivity (Wildman–Crippen MR) is 95.2 cm³/mol. The van der Waals surface area contributed by atoms with Crippen LogP contribution in [0.25, 0.3) is 5.65 Å². The van der Waals surface area contributed by atoms with Crippen LogP contribution in [0.1, 0.15) is 35.8 Å². The summed E-state index contributed by atoms with van der Waals surface area (Å²) in [7, 11) is 0. The molecule has 1 aliphatic carbocycles. The summed E-state index contributed by atoms with van der Waals surface area (Å²) in [4.78, 5) is 12.6. The van der Waals surface area contributed by atoms with Gasteiger partial charge in [-0.15, -0.1) is 10.2 Å². The summed E-state index contributed by atoms with van der Waals surface area (Å²) in [6, 6.07) is 11.0. The average molecular weight is 389 g/mol. The molecule has 1 fully saturated rings. The molecule has 1 aromatic carbocycles. The largest absolute Gasteiger partial charge is 0.417 e. The molecule has 0 saturated heterocycles. The lowest BCUT2D eigenvalue weighted by Gasteiger charge is -2.18. The van der Waals surface area contributed by atoms with Crippen LogP contribution in [0.4, 0.5) is 13.2 Å². The Labute approximate surface area is 158 Å². The fraction of sp³-hybridized carbons (Fsp3) is 0.316. The van der Waals surface area contributed by atoms with Crippen LogP contribution in [0, 0.1) is 0 Å². The lowest BCUT2D eigenvalue weighted by molar-refractivity contribution is -0.137. The van der Waals surface area contributed by atoms with Gasteiger partial charge in [0, 0.05) is 12.2 Å². The van der Waals surface area contributed by atoms with Crippen molar-refractivity contribution in [3.05, 3.63) is 65.6 Å². The molecule has 0 bridgehead atoms. The Morgan fingerprint density at radius 1 is 1.14 bits per heavy atom. The summed E-state index contributed by atoms with van der Waals surface area (Å²) in [6.45, 7) is 0.0835. The summed E-state index contributed by atoms with van der Waals surface area (Å²) in [5.74, 6) is 0.125. The van der Waals surface area contributed by atoms with Crippen LogP contribution in [0.2, 0.25) is 0 Å². The molecule has 146 valence electrons. The quantitative estimate of drug-likeness (QED) is 0.680. The number of carbonyl (C=O) groups is 1. The van der Waals surface area contributed by atoms with Crippen LogP contribution in [-0.4, -0.2) is 26.5 Å². The number of pyridine rings is 1. The van der Waals surface area contributed by atoms with Crippen molar-refractivity contribution in [2.24, 2.45) is 0 Å². The van der Waals surface area contributed by atoms with Gasteiger partial charge in [0.05, 0.1) is 12.1 Å². The van der Waals surface area contributed by atoms with Gasteiger partial charge in [-0.1, -0.05) is 30.3 Å². The van der Waals surface area contributed by atoms with Crippen LogP contribution in [0.3, 0.4) is 0 Å². The molecule has 2 N–H and O–H groups in total. The first-order valence-electron chi connectivity index (χ1n) is 8.91. The molecular formula is C19H18F3N5O. The second-order valence-electron chi connectivity index (χ2n) is 6.77. The van der Waals surface area contributed by atoms with Gasteiger partial charge in [0.15, 0.2) is 11.5 Å². The third-order valence-corrected chi connectivity index (χ3v) is 4.58. The van der Waals surface area contributed by atoms with E-state index < -0.39 is 17.8 Å². The highest BCUT2D eigenvalue weighted by atomic mass is 19.4. The molecule has 0 radical (unpaired) electrons. The van der Waals surface area contributed by atoms with Crippen molar-refractivity contribution in [2.45, 2.75) is 37.6 Å². The number of hydrogen-bond donors (Lipinski definition) is 2. The third kappa shape index (κ3) is 3.99. The Morgan fingerprint density at radius 3 is 2.57 bits per heavy atom. The highest BCUT2D eigenvalue weighted by Gasteiger charge is 2.31. The first-order chi connectivity index (χ1) is 13.4. The molecular weight excluding hydrogens is 371 g/mol. The molecule has 0 aliphatic heterocycles. The summed E-state index contributed by atoms with van der Waals surface area (Å²) in [6.07, 6.45) is -1.57. The van der Waals surface area contributed by atoms with Gasteiger partial charge < -0.3 is 5.32 Å². The second-order valence-corrected chi connectivity index (χ2v) is 6.77. The molecule has 28 heavy (non-hydrogen) atoms. The van der Waals surface area contributed by atoms with Crippen LogP contribution < -0.4 is 10.6 Å². The zero-order chi connectivity index (χ0) is 19.7. The molecule has 3 aromatic rings. The number of aromatic nitrogens is 3. The number of nitrogens with zero attached hydrogens (tertiary/aromatic N) is 3. The molecule has 4 rings (SSSR count). The smallest absolute Gasteiger partial charge is 0.352 e. The standard InChI is InChI=1S/C19H18F3N5O/c20-19(21,22)13-6-9-15-25-26-16(27(15)11-13)10-23-17(12-4-2-1-3-5-12)18(28)24-14-7-8-14/h1-6,9,11,14,17,23H,7-8,10H2,(H,24,28)/t17-/m1/s1. The van der Waals surface area contributed by atoms with Crippen LogP contribution in [-0.2, 0) is 17.5 Å². The maximum Gasteiger partial charge on any atom is 0.417 e. The molecule has 2 heterocycles. The number of hydrogen-bond acceptors (Lipinski definition) is 4. The van der Waals surface area contributed by atoms with Crippen LogP contribution >= 0.6 is 0 Å². The van der Waals surface area contributed by atoms with Gasteiger partial charge >= 0.3 is 6.18 Å². The van der Waals surface area contributed by atoms with Gasteiger partial charge in [-0.05, 0) is 30.5 Å². The Hall–Kier alpha value is -2.94. The molecule has 1 saturated carbocycles. The van der Waals surface area contributed by atoms with Crippen molar-refractivity contribution < 1.29 is 18.0 Å². The number of rotatable bonds is 6. The molecule has 1 amide bonds. The molecule has 1 aliphatic rings. The molecule has 2 aromatic heterocycles. The fourth-order valence-corrected chi connectivity index (χ4v) is 2.94.